The molecule has 1 aliphatic rings. The first-order chi connectivity index (χ1) is 19.7. The Morgan fingerprint density at radius 2 is 1.95 bits per heavy atom. The second kappa shape index (κ2) is 11.9. The van der Waals surface area contributed by atoms with Gasteiger partial charge in [-0.1, -0.05) is 61.0 Å². The van der Waals surface area contributed by atoms with Crippen molar-refractivity contribution in [3.8, 4) is 11.3 Å². The highest BCUT2D eigenvalue weighted by Gasteiger charge is 2.46. The zero-order valence-electron chi connectivity index (χ0n) is 22.8. The number of aromatic nitrogens is 4. The largest absolute Gasteiger partial charge is 0.481 e. The maximum atomic E-state index is 16.1. The molecule has 2 aromatic heterocycles. The average molecular weight is 581 g/mol. The van der Waals surface area contributed by atoms with Crippen LogP contribution in [0.3, 0.4) is 0 Å². The summed E-state index contributed by atoms with van der Waals surface area (Å²) in [7, 11) is 0. The number of carboxylic acid groups (broad SMARTS) is 1. The molecular weight excluding hydrogens is 550 g/mol. The number of H-pyrrole nitrogens is 1. The first-order valence-electron chi connectivity index (χ1n) is 13.5. The minimum absolute atomic E-state index is 0.0141. The molecule has 2 atom stereocenters. The van der Waals surface area contributed by atoms with Gasteiger partial charge in [0.15, 0.2) is 11.6 Å². The van der Waals surface area contributed by atoms with Crippen molar-refractivity contribution in [1.29, 1.82) is 0 Å². The van der Waals surface area contributed by atoms with Gasteiger partial charge in [-0.05, 0) is 38.8 Å². The quantitative estimate of drug-likeness (QED) is 0.206. The van der Waals surface area contributed by atoms with E-state index in [9.17, 15) is 14.3 Å². The summed E-state index contributed by atoms with van der Waals surface area (Å²) in [5, 5.41) is 20.6. The number of benzene rings is 2. The van der Waals surface area contributed by atoms with E-state index in [1.807, 2.05) is 19.9 Å². The zero-order chi connectivity index (χ0) is 29.1. The SMILES string of the molecule is CC[C@@H]1C[C@](Cc2nc(Nc3cc(C)[nH]n3)nc(-c3ccccc3)c2F)(C(=O)O)CCN1Cc1cccc(Cl)c1F. The molecule has 4 aromatic rings. The van der Waals surface area contributed by atoms with Crippen LogP contribution in [-0.2, 0) is 17.8 Å². The van der Waals surface area contributed by atoms with Crippen molar-refractivity contribution in [3.63, 3.8) is 0 Å². The fourth-order valence-electron chi connectivity index (χ4n) is 5.52. The third-order valence-electron chi connectivity index (χ3n) is 7.77. The van der Waals surface area contributed by atoms with Gasteiger partial charge in [0.1, 0.15) is 11.5 Å². The van der Waals surface area contributed by atoms with Crippen LogP contribution in [0.5, 0.6) is 0 Å². The normalized spacial score (nSPS) is 19.3. The molecule has 0 aliphatic carbocycles. The van der Waals surface area contributed by atoms with Gasteiger partial charge in [-0.2, -0.15) is 5.10 Å². The first-order valence-corrected chi connectivity index (χ1v) is 13.9. The lowest BCUT2D eigenvalue weighted by molar-refractivity contribution is -0.154. The second-order valence-corrected chi connectivity index (χ2v) is 11.0. The number of nitrogens with one attached hydrogen (secondary N) is 2. The molecule has 8 nitrogen and oxygen atoms in total. The van der Waals surface area contributed by atoms with E-state index in [-0.39, 0.29) is 47.7 Å². The van der Waals surface area contributed by atoms with E-state index in [0.717, 1.165) is 5.69 Å². The summed E-state index contributed by atoms with van der Waals surface area (Å²) < 4.78 is 30.7. The number of carboxylic acids is 1. The maximum absolute atomic E-state index is 16.1. The highest BCUT2D eigenvalue weighted by atomic mass is 35.5. The van der Waals surface area contributed by atoms with Gasteiger partial charge < -0.3 is 10.4 Å². The Kier molecular flexibility index (Phi) is 8.32. The molecule has 0 unspecified atom stereocenters. The highest BCUT2D eigenvalue weighted by molar-refractivity contribution is 6.30. The van der Waals surface area contributed by atoms with Gasteiger partial charge in [-0.3, -0.25) is 14.8 Å². The van der Waals surface area contributed by atoms with E-state index in [4.69, 9.17) is 11.6 Å². The molecule has 1 saturated heterocycles. The highest BCUT2D eigenvalue weighted by Crippen LogP contribution is 2.41. The van der Waals surface area contributed by atoms with Crippen molar-refractivity contribution < 1.29 is 18.7 Å². The third kappa shape index (κ3) is 6.08. The summed E-state index contributed by atoms with van der Waals surface area (Å²) in [5.74, 6) is -1.56. The molecule has 0 saturated carbocycles. The predicted molar refractivity (Wildman–Crippen MR) is 153 cm³/mol. The van der Waals surface area contributed by atoms with Gasteiger partial charge >= 0.3 is 5.97 Å². The summed E-state index contributed by atoms with van der Waals surface area (Å²) >= 11 is 5.99. The van der Waals surface area contributed by atoms with E-state index < -0.39 is 23.0 Å². The monoisotopic (exact) mass is 580 g/mol. The number of halogens is 3. The molecule has 5 rings (SSSR count). The Bertz CT molecular complexity index is 1550. The number of hydrogen-bond donors (Lipinski definition) is 3. The van der Waals surface area contributed by atoms with Crippen molar-refractivity contribution in [1.82, 2.24) is 25.1 Å². The van der Waals surface area contributed by atoms with Gasteiger partial charge in [0.05, 0.1) is 16.1 Å². The second-order valence-electron chi connectivity index (χ2n) is 10.5. The summed E-state index contributed by atoms with van der Waals surface area (Å²) in [5.41, 5.74) is 0.638. The first kappa shape index (κ1) is 28.6. The van der Waals surface area contributed by atoms with Gasteiger partial charge in [-0.25, -0.2) is 18.7 Å². The number of rotatable bonds is 9. The molecule has 0 radical (unpaired) electrons. The van der Waals surface area contributed by atoms with E-state index in [1.165, 1.54) is 6.07 Å². The summed E-state index contributed by atoms with van der Waals surface area (Å²) in [4.78, 5) is 23.8. The summed E-state index contributed by atoms with van der Waals surface area (Å²) in [6.45, 7) is 4.51. The number of aryl methyl sites for hydroxylation is 1. The summed E-state index contributed by atoms with van der Waals surface area (Å²) in [6.07, 6.45) is 1.02. The van der Waals surface area contributed by atoms with Crippen LogP contribution in [0.1, 0.15) is 43.1 Å². The molecule has 1 aliphatic heterocycles. The minimum Gasteiger partial charge on any atom is -0.481 e. The van der Waals surface area contributed by atoms with Crippen LogP contribution >= 0.6 is 11.6 Å². The van der Waals surface area contributed by atoms with Crippen molar-refractivity contribution in [2.45, 2.75) is 52.1 Å². The number of hydrogen-bond acceptors (Lipinski definition) is 6. The molecule has 3 heterocycles. The number of likely N-dealkylation sites (tertiary alicyclic amines) is 1. The topological polar surface area (TPSA) is 107 Å². The number of aromatic amines is 1. The molecule has 0 bridgehead atoms. The number of piperidine rings is 1. The van der Waals surface area contributed by atoms with Gasteiger partial charge in [0.2, 0.25) is 5.95 Å². The molecule has 214 valence electrons. The van der Waals surface area contributed by atoms with Gasteiger partial charge in [0.25, 0.3) is 0 Å². The molecule has 1 fully saturated rings. The van der Waals surface area contributed by atoms with Crippen LogP contribution in [0.25, 0.3) is 11.3 Å². The smallest absolute Gasteiger partial charge is 0.310 e. The molecule has 11 heteroatoms. The zero-order valence-corrected chi connectivity index (χ0v) is 23.6. The Morgan fingerprint density at radius 1 is 1.17 bits per heavy atom. The number of carbonyl (C=O) groups is 1. The Hall–Kier alpha value is -3.89. The average Bonchev–Trinajstić information content (AvgIpc) is 3.38. The van der Waals surface area contributed by atoms with Crippen molar-refractivity contribution in [3.05, 3.63) is 88.2 Å². The van der Waals surface area contributed by atoms with E-state index in [0.29, 0.717) is 36.5 Å². The van der Waals surface area contributed by atoms with Crippen LogP contribution in [0.15, 0.2) is 54.6 Å². The van der Waals surface area contributed by atoms with E-state index in [2.05, 4.69) is 30.4 Å². The van der Waals surface area contributed by atoms with Crippen LogP contribution in [0.4, 0.5) is 20.5 Å². The third-order valence-corrected chi connectivity index (χ3v) is 8.06. The van der Waals surface area contributed by atoms with E-state index in [1.54, 1.807) is 42.5 Å². The standard InChI is InChI=1S/C30H31ClF2N6O2/c1-3-21-15-30(28(40)41,12-13-39(21)17-20-10-7-11-22(31)25(20)32)16-23-26(33)27(19-8-5-4-6-9-19)36-29(34-23)35-24-14-18(2)37-38-24/h4-11,14,21H,3,12-13,15-17H2,1-2H3,(H,40,41)(H2,34,35,36,37,38)/t21-,30-/m1/s1. The maximum Gasteiger partial charge on any atom is 0.310 e. The van der Waals surface area contributed by atoms with Crippen LogP contribution in [0, 0.1) is 24.0 Å². The fraction of sp³-hybridized carbons (Fsp3) is 0.333. The molecular formula is C30H31ClF2N6O2. The lowest BCUT2D eigenvalue weighted by atomic mass is 9.71. The summed E-state index contributed by atoms with van der Waals surface area (Å²) in [6, 6.07) is 15.3. The van der Waals surface area contributed by atoms with Gasteiger partial charge in [-0.15, -0.1) is 0 Å². The van der Waals surface area contributed by atoms with Crippen molar-refractivity contribution in [2.24, 2.45) is 5.41 Å². The van der Waals surface area contributed by atoms with Crippen LogP contribution < -0.4 is 5.32 Å². The molecule has 2 aromatic carbocycles. The number of aliphatic carboxylic acids is 1. The Morgan fingerprint density at radius 3 is 2.63 bits per heavy atom. The number of anilines is 2. The van der Waals surface area contributed by atoms with Crippen molar-refractivity contribution >= 4 is 29.3 Å². The van der Waals surface area contributed by atoms with Crippen LogP contribution in [0.2, 0.25) is 5.02 Å². The lowest BCUT2D eigenvalue weighted by Gasteiger charge is -2.44. The fourth-order valence-corrected chi connectivity index (χ4v) is 5.72. The molecule has 3 N–H and O–H groups in total. The van der Waals surface area contributed by atoms with Crippen LogP contribution in [-0.4, -0.2) is 48.7 Å². The lowest BCUT2D eigenvalue weighted by Crippen LogP contribution is -2.50. The van der Waals surface area contributed by atoms with E-state index >= 15 is 4.39 Å². The number of nitrogens with zero attached hydrogens (tertiary/aromatic N) is 4. The molecule has 41 heavy (non-hydrogen) atoms. The minimum atomic E-state index is -1.27. The predicted octanol–water partition coefficient (Wildman–Crippen LogP) is 6.54. The molecule has 0 amide bonds. The van der Waals surface area contributed by atoms with Gasteiger partial charge in [0, 0.05) is 41.9 Å². The molecule has 0 spiro atoms. The Balaban J connectivity index is 1.48. The Labute approximate surface area is 241 Å². The van der Waals surface area contributed by atoms with Crippen molar-refractivity contribution in [2.75, 3.05) is 11.9 Å².